The molecule has 6 heteroatoms. The molecular weight excluding hydrogens is 317 g/mol. The summed E-state index contributed by atoms with van der Waals surface area (Å²) in [6.45, 7) is 1.46. The number of halogens is 1. The van der Waals surface area contributed by atoms with Gasteiger partial charge < -0.3 is 0 Å². The second-order valence-electron chi connectivity index (χ2n) is 6.06. The quantitative estimate of drug-likeness (QED) is 0.805. The lowest BCUT2D eigenvalue weighted by atomic mass is 10.0. The fourth-order valence-corrected chi connectivity index (χ4v) is 3.68. The maximum atomic E-state index is 14.2. The van der Waals surface area contributed by atoms with Crippen LogP contribution < -0.4 is 0 Å². The van der Waals surface area contributed by atoms with Crippen molar-refractivity contribution in [1.29, 1.82) is 0 Å². The molecule has 0 aromatic heterocycles. The molecule has 0 radical (unpaired) electrons. The van der Waals surface area contributed by atoms with E-state index in [9.17, 15) is 12.8 Å². The molecule has 0 bridgehead atoms. The van der Waals surface area contributed by atoms with Gasteiger partial charge in [0, 0.05) is 19.6 Å². The summed E-state index contributed by atoms with van der Waals surface area (Å²) in [4.78, 5) is 2.00. The van der Waals surface area contributed by atoms with E-state index in [-0.39, 0.29) is 6.54 Å². The maximum absolute atomic E-state index is 14.2. The summed E-state index contributed by atoms with van der Waals surface area (Å²) in [6, 6.07) is 14.3. The minimum absolute atomic E-state index is 0.188. The highest BCUT2D eigenvalue weighted by Crippen LogP contribution is 2.22. The second-order valence-corrected chi connectivity index (χ2v) is 7.66. The van der Waals surface area contributed by atoms with Gasteiger partial charge in [0.05, 0.1) is 6.26 Å². The fourth-order valence-electron chi connectivity index (χ4n) is 3.02. The van der Waals surface area contributed by atoms with Crippen molar-refractivity contribution in [3.63, 3.8) is 0 Å². The number of rotatable bonds is 4. The summed E-state index contributed by atoms with van der Waals surface area (Å²) in [7, 11) is -3.62. The van der Waals surface area contributed by atoms with Crippen LogP contribution in [-0.2, 0) is 20.8 Å². The summed E-state index contributed by atoms with van der Waals surface area (Å²) < 4.78 is 41.2. The van der Waals surface area contributed by atoms with Crippen LogP contribution in [0.3, 0.4) is 0 Å². The largest absolute Gasteiger partial charge is 0.296 e. The van der Waals surface area contributed by atoms with Crippen LogP contribution in [0.25, 0.3) is 10.8 Å². The van der Waals surface area contributed by atoms with Crippen molar-refractivity contribution >= 4 is 20.9 Å². The highest BCUT2D eigenvalue weighted by atomic mass is 32.2. The van der Waals surface area contributed by atoms with Gasteiger partial charge in [-0.1, -0.05) is 36.4 Å². The van der Waals surface area contributed by atoms with Crippen LogP contribution in [0, 0.1) is 0 Å². The van der Waals surface area contributed by atoms with Crippen molar-refractivity contribution in [3.8, 4) is 0 Å². The first-order chi connectivity index (χ1) is 10.9. The van der Waals surface area contributed by atoms with Crippen LogP contribution in [0.5, 0.6) is 0 Å². The topological polar surface area (TPSA) is 46.6 Å². The van der Waals surface area contributed by atoms with Crippen LogP contribution in [0.1, 0.15) is 12.0 Å². The van der Waals surface area contributed by atoms with E-state index in [1.165, 1.54) is 5.39 Å². The number of hydrogen-bond acceptors (Lipinski definition) is 4. The van der Waals surface area contributed by atoms with E-state index >= 15 is 0 Å². The van der Waals surface area contributed by atoms with Crippen molar-refractivity contribution in [2.24, 2.45) is 0 Å². The Morgan fingerprint density at radius 1 is 1.22 bits per heavy atom. The molecule has 23 heavy (non-hydrogen) atoms. The molecular formula is C17H20FNO3S. The van der Waals surface area contributed by atoms with E-state index in [0.29, 0.717) is 19.5 Å². The Morgan fingerprint density at radius 2 is 1.96 bits per heavy atom. The van der Waals surface area contributed by atoms with Crippen LogP contribution in [0.4, 0.5) is 4.39 Å². The Hall–Kier alpha value is -1.50. The van der Waals surface area contributed by atoms with E-state index < -0.39 is 22.4 Å². The van der Waals surface area contributed by atoms with E-state index in [1.807, 2.05) is 17.0 Å². The zero-order valence-electron chi connectivity index (χ0n) is 13.0. The highest BCUT2D eigenvalue weighted by molar-refractivity contribution is 7.86. The first-order valence-electron chi connectivity index (χ1n) is 7.63. The Bertz CT molecular complexity index is 793. The van der Waals surface area contributed by atoms with Gasteiger partial charge in [0.1, 0.15) is 12.3 Å². The van der Waals surface area contributed by atoms with Crippen LogP contribution >= 0.6 is 0 Å². The van der Waals surface area contributed by atoms with E-state index in [1.54, 1.807) is 0 Å². The summed E-state index contributed by atoms with van der Waals surface area (Å²) in [5.74, 6) is 0. The summed E-state index contributed by atoms with van der Waals surface area (Å²) in [6.07, 6.45) is -0.819. The van der Waals surface area contributed by atoms with Crippen molar-refractivity contribution in [2.75, 3.05) is 19.3 Å². The van der Waals surface area contributed by atoms with Gasteiger partial charge in [0.15, 0.2) is 0 Å². The Balaban J connectivity index is 1.65. The minimum Gasteiger partial charge on any atom is -0.296 e. The molecule has 2 aromatic carbocycles. The lowest BCUT2D eigenvalue weighted by Crippen LogP contribution is -2.45. The third kappa shape index (κ3) is 4.28. The molecule has 1 saturated heterocycles. The smallest absolute Gasteiger partial charge is 0.264 e. The van der Waals surface area contributed by atoms with Gasteiger partial charge in [-0.05, 0) is 28.8 Å². The van der Waals surface area contributed by atoms with E-state index in [2.05, 4.69) is 30.3 Å². The van der Waals surface area contributed by atoms with Gasteiger partial charge in [0.2, 0.25) is 0 Å². The predicted molar refractivity (Wildman–Crippen MR) is 88.5 cm³/mol. The van der Waals surface area contributed by atoms with Gasteiger partial charge >= 0.3 is 0 Å². The summed E-state index contributed by atoms with van der Waals surface area (Å²) in [5.41, 5.74) is 1.12. The molecule has 4 nitrogen and oxygen atoms in total. The van der Waals surface area contributed by atoms with Gasteiger partial charge in [-0.2, -0.15) is 8.42 Å². The monoisotopic (exact) mass is 337 g/mol. The van der Waals surface area contributed by atoms with Crippen molar-refractivity contribution in [1.82, 2.24) is 4.90 Å². The average molecular weight is 337 g/mol. The first kappa shape index (κ1) is 16.4. The standard InChI is InChI=1S/C17H20FNO3S/c1-23(20,21)22-17-8-9-19(12-16(17)18)11-13-6-7-14-4-2-3-5-15(14)10-13/h2-7,10,16-17H,8-9,11-12H2,1H3. The minimum atomic E-state index is -3.62. The Labute approximate surface area is 136 Å². The molecule has 2 atom stereocenters. The van der Waals surface area contributed by atoms with Crippen LogP contribution in [0.15, 0.2) is 42.5 Å². The van der Waals surface area contributed by atoms with Gasteiger partial charge in [-0.15, -0.1) is 0 Å². The number of piperidine rings is 1. The van der Waals surface area contributed by atoms with Crippen LogP contribution in [-0.4, -0.2) is 44.9 Å². The number of nitrogens with zero attached hydrogens (tertiary/aromatic N) is 1. The van der Waals surface area contributed by atoms with Gasteiger partial charge in [0.25, 0.3) is 10.1 Å². The molecule has 0 aliphatic carbocycles. The molecule has 1 aliphatic heterocycles. The fraction of sp³-hybridized carbons (Fsp3) is 0.412. The second kappa shape index (κ2) is 6.55. The lowest BCUT2D eigenvalue weighted by molar-refractivity contribution is 0.0232. The van der Waals surface area contributed by atoms with Gasteiger partial charge in [-0.25, -0.2) is 4.39 Å². The highest BCUT2D eigenvalue weighted by Gasteiger charge is 2.32. The third-order valence-electron chi connectivity index (χ3n) is 4.08. The first-order valence-corrected chi connectivity index (χ1v) is 9.45. The number of alkyl halides is 1. The summed E-state index contributed by atoms with van der Waals surface area (Å²) >= 11 is 0. The van der Waals surface area contributed by atoms with E-state index in [0.717, 1.165) is 17.2 Å². The normalized spacial score (nSPS) is 23.2. The molecule has 1 fully saturated rings. The molecule has 2 aromatic rings. The number of fused-ring (bicyclic) bond motifs is 1. The molecule has 2 unspecified atom stereocenters. The van der Waals surface area contributed by atoms with Crippen molar-refractivity contribution in [3.05, 3.63) is 48.0 Å². The molecule has 0 spiro atoms. The molecule has 1 heterocycles. The zero-order valence-corrected chi connectivity index (χ0v) is 13.8. The molecule has 3 rings (SSSR count). The number of likely N-dealkylation sites (tertiary alicyclic amines) is 1. The SMILES string of the molecule is CS(=O)(=O)OC1CCN(Cc2ccc3ccccc3c2)CC1F. The Morgan fingerprint density at radius 3 is 2.65 bits per heavy atom. The zero-order chi connectivity index (χ0) is 16.4. The molecule has 124 valence electrons. The number of benzene rings is 2. The predicted octanol–water partition coefficient (Wildman–Crippen LogP) is 2.73. The Kier molecular flexibility index (Phi) is 4.66. The molecule has 1 aliphatic rings. The van der Waals surface area contributed by atoms with Crippen molar-refractivity contribution < 1.29 is 17.0 Å². The molecule has 0 N–H and O–H groups in total. The molecule has 0 amide bonds. The van der Waals surface area contributed by atoms with E-state index in [4.69, 9.17) is 4.18 Å². The lowest BCUT2D eigenvalue weighted by Gasteiger charge is -2.33. The maximum Gasteiger partial charge on any atom is 0.264 e. The summed E-state index contributed by atoms with van der Waals surface area (Å²) in [5, 5.41) is 2.34. The van der Waals surface area contributed by atoms with Crippen LogP contribution in [0.2, 0.25) is 0 Å². The van der Waals surface area contributed by atoms with Gasteiger partial charge in [-0.3, -0.25) is 9.08 Å². The third-order valence-corrected chi connectivity index (χ3v) is 4.68. The average Bonchev–Trinajstić information content (AvgIpc) is 2.49. The molecule has 0 saturated carbocycles. The van der Waals surface area contributed by atoms with Crippen molar-refractivity contribution in [2.45, 2.75) is 25.2 Å². The number of hydrogen-bond donors (Lipinski definition) is 0.